The summed E-state index contributed by atoms with van der Waals surface area (Å²) in [7, 11) is -1.07. The first-order valence-corrected chi connectivity index (χ1v) is 11.0. The van der Waals surface area contributed by atoms with Gasteiger partial charge in [0.1, 0.15) is 18.7 Å². The predicted molar refractivity (Wildman–Crippen MR) is 86.8 cm³/mol. The van der Waals surface area contributed by atoms with Crippen LogP contribution in [0.5, 0.6) is 0 Å². The SMILES string of the molecule is C[Si](C)(C)CCOCn1ccnc1C(O)c1ccccc1. The fourth-order valence-corrected chi connectivity index (χ4v) is 2.76. The van der Waals surface area contributed by atoms with Crippen molar-refractivity contribution < 1.29 is 9.84 Å². The van der Waals surface area contributed by atoms with E-state index in [1.165, 1.54) is 0 Å². The minimum Gasteiger partial charge on any atom is -0.380 e. The molecule has 0 aliphatic rings. The first-order chi connectivity index (χ1) is 9.97. The lowest BCUT2D eigenvalue weighted by molar-refractivity contribution is 0.0786. The molecule has 0 saturated carbocycles. The van der Waals surface area contributed by atoms with Crippen LogP contribution >= 0.6 is 0 Å². The van der Waals surface area contributed by atoms with E-state index in [0.29, 0.717) is 12.6 Å². The molecule has 1 unspecified atom stereocenters. The number of imidazole rings is 1. The summed E-state index contributed by atoms with van der Waals surface area (Å²) in [5, 5.41) is 10.4. The molecule has 2 rings (SSSR count). The lowest BCUT2D eigenvalue weighted by Crippen LogP contribution is -2.22. The molecule has 114 valence electrons. The van der Waals surface area contributed by atoms with Gasteiger partial charge in [-0.25, -0.2) is 4.98 Å². The zero-order valence-corrected chi connectivity index (χ0v) is 14.0. The highest BCUT2D eigenvalue weighted by atomic mass is 28.3. The standard InChI is InChI=1S/C16H24N2O2Si/c1-21(2,3)12-11-20-13-18-10-9-17-16(18)15(19)14-7-5-4-6-8-14/h4-10,15,19H,11-13H2,1-3H3. The van der Waals surface area contributed by atoms with Crippen molar-refractivity contribution in [3.8, 4) is 0 Å². The Hall–Kier alpha value is -1.43. The highest BCUT2D eigenvalue weighted by molar-refractivity contribution is 6.76. The second-order valence-electron chi connectivity index (χ2n) is 6.42. The number of hydrogen-bond donors (Lipinski definition) is 1. The maximum absolute atomic E-state index is 10.4. The zero-order chi connectivity index (χ0) is 15.3. The van der Waals surface area contributed by atoms with Crippen molar-refractivity contribution >= 4 is 8.07 Å². The molecule has 1 aromatic carbocycles. The molecule has 0 bridgehead atoms. The molecule has 1 N–H and O–H groups in total. The Kier molecular flexibility index (Phi) is 5.33. The molecule has 5 heteroatoms. The van der Waals surface area contributed by atoms with Gasteiger partial charge < -0.3 is 14.4 Å². The number of ether oxygens (including phenoxy) is 1. The molecule has 1 heterocycles. The van der Waals surface area contributed by atoms with Crippen molar-refractivity contribution in [2.24, 2.45) is 0 Å². The van der Waals surface area contributed by atoms with Gasteiger partial charge in [-0.05, 0) is 11.6 Å². The second kappa shape index (κ2) is 7.02. The Morgan fingerprint density at radius 1 is 1.24 bits per heavy atom. The molecule has 1 atom stereocenters. The molecule has 0 spiro atoms. The van der Waals surface area contributed by atoms with E-state index in [2.05, 4.69) is 24.6 Å². The molecule has 0 radical (unpaired) electrons. The monoisotopic (exact) mass is 304 g/mol. The Morgan fingerprint density at radius 3 is 2.62 bits per heavy atom. The average molecular weight is 304 g/mol. The lowest BCUT2D eigenvalue weighted by Gasteiger charge is -2.17. The topological polar surface area (TPSA) is 47.3 Å². The van der Waals surface area contributed by atoms with Crippen LogP contribution in [0.15, 0.2) is 42.7 Å². The van der Waals surface area contributed by atoms with E-state index in [0.717, 1.165) is 18.2 Å². The number of hydrogen-bond acceptors (Lipinski definition) is 3. The summed E-state index contributed by atoms with van der Waals surface area (Å²) >= 11 is 0. The van der Waals surface area contributed by atoms with Gasteiger partial charge in [-0.15, -0.1) is 0 Å². The number of benzene rings is 1. The average Bonchev–Trinajstić information content (AvgIpc) is 2.91. The molecule has 1 aromatic heterocycles. The first kappa shape index (κ1) is 15.9. The van der Waals surface area contributed by atoms with Crippen LogP contribution in [0.4, 0.5) is 0 Å². The molecule has 0 amide bonds. The number of rotatable bonds is 7. The van der Waals surface area contributed by atoms with Crippen molar-refractivity contribution in [2.45, 2.75) is 38.5 Å². The van der Waals surface area contributed by atoms with Crippen LogP contribution in [0, 0.1) is 0 Å². The van der Waals surface area contributed by atoms with Crippen molar-refractivity contribution in [3.63, 3.8) is 0 Å². The summed E-state index contributed by atoms with van der Waals surface area (Å²) < 4.78 is 7.59. The molecule has 21 heavy (non-hydrogen) atoms. The minimum atomic E-state index is -1.07. The summed E-state index contributed by atoms with van der Waals surface area (Å²) in [6, 6.07) is 10.7. The third-order valence-corrected chi connectivity index (χ3v) is 5.04. The molecule has 0 aliphatic heterocycles. The fourth-order valence-electron chi connectivity index (χ4n) is 2.00. The van der Waals surface area contributed by atoms with Crippen LogP contribution < -0.4 is 0 Å². The molecular formula is C16H24N2O2Si. The second-order valence-corrected chi connectivity index (χ2v) is 12.0. The molecule has 2 aromatic rings. The van der Waals surface area contributed by atoms with E-state index < -0.39 is 14.2 Å². The summed E-state index contributed by atoms with van der Waals surface area (Å²) in [5.74, 6) is 0.620. The summed E-state index contributed by atoms with van der Waals surface area (Å²) in [6.45, 7) is 8.19. The van der Waals surface area contributed by atoms with Crippen LogP contribution in [0.1, 0.15) is 17.5 Å². The quantitative estimate of drug-likeness (QED) is 0.631. The van der Waals surface area contributed by atoms with Crippen LogP contribution in [0.3, 0.4) is 0 Å². The molecule has 0 aliphatic carbocycles. The van der Waals surface area contributed by atoms with Crippen LogP contribution in [0.25, 0.3) is 0 Å². The van der Waals surface area contributed by atoms with Gasteiger partial charge >= 0.3 is 0 Å². The summed E-state index contributed by atoms with van der Waals surface area (Å²) in [5.41, 5.74) is 0.840. The van der Waals surface area contributed by atoms with Gasteiger partial charge in [0.2, 0.25) is 0 Å². The van der Waals surface area contributed by atoms with E-state index in [-0.39, 0.29) is 0 Å². The van der Waals surface area contributed by atoms with E-state index >= 15 is 0 Å². The normalized spacial score (nSPS) is 13.3. The van der Waals surface area contributed by atoms with Crippen molar-refractivity contribution in [1.29, 1.82) is 0 Å². The minimum absolute atomic E-state index is 0.434. The Morgan fingerprint density at radius 2 is 1.95 bits per heavy atom. The van der Waals surface area contributed by atoms with Gasteiger partial charge in [0, 0.05) is 27.1 Å². The zero-order valence-electron chi connectivity index (χ0n) is 13.0. The molecule has 0 fully saturated rings. The highest BCUT2D eigenvalue weighted by Gasteiger charge is 2.16. The van der Waals surface area contributed by atoms with E-state index in [1.807, 2.05) is 41.1 Å². The first-order valence-electron chi connectivity index (χ1n) is 7.29. The summed E-state index contributed by atoms with van der Waals surface area (Å²) in [6.07, 6.45) is 2.82. The van der Waals surface area contributed by atoms with E-state index in [1.54, 1.807) is 6.20 Å². The number of aliphatic hydroxyl groups excluding tert-OH is 1. The van der Waals surface area contributed by atoms with Gasteiger partial charge in [0.15, 0.2) is 0 Å². The largest absolute Gasteiger partial charge is 0.380 e. The van der Waals surface area contributed by atoms with Gasteiger partial charge in [-0.1, -0.05) is 50.0 Å². The maximum atomic E-state index is 10.4. The van der Waals surface area contributed by atoms with Crippen molar-refractivity contribution in [3.05, 3.63) is 54.1 Å². The molecular weight excluding hydrogens is 280 g/mol. The van der Waals surface area contributed by atoms with Crippen LogP contribution in [0.2, 0.25) is 25.7 Å². The number of aromatic nitrogens is 2. The van der Waals surface area contributed by atoms with Crippen LogP contribution in [-0.4, -0.2) is 29.3 Å². The number of aliphatic hydroxyl groups is 1. The van der Waals surface area contributed by atoms with Gasteiger partial charge in [-0.3, -0.25) is 0 Å². The van der Waals surface area contributed by atoms with Gasteiger partial charge in [-0.2, -0.15) is 0 Å². The van der Waals surface area contributed by atoms with E-state index in [9.17, 15) is 5.11 Å². The van der Waals surface area contributed by atoms with Crippen molar-refractivity contribution in [2.75, 3.05) is 6.61 Å². The Balaban J connectivity index is 1.96. The van der Waals surface area contributed by atoms with E-state index in [4.69, 9.17) is 4.74 Å². The number of nitrogens with zero attached hydrogens (tertiary/aromatic N) is 2. The van der Waals surface area contributed by atoms with Crippen molar-refractivity contribution in [1.82, 2.24) is 9.55 Å². The van der Waals surface area contributed by atoms with Gasteiger partial charge in [0.05, 0.1) is 0 Å². The lowest BCUT2D eigenvalue weighted by atomic mass is 10.1. The highest BCUT2D eigenvalue weighted by Crippen LogP contribution is 2.20. The van der Waals surface area contributed by atoms with Gasteiger partial charge in [0.25, 0.3) is 0 Å². The summed E-state index contributed by atoms with van der Waals surface area (Å²) in [4.78, 5) is 4.26. The van der Waals surface area contributed by atoms with Crippen LogP contribution in [-0.2, 0) is 11.5 Å². The predicted octanol–water partition coefficient (Wildman–Crippen LogP) is 3.28. The maximum Gasteiger partial charge on any atom is 0.144 e. The Bertz CT molecular complexity index is 549. The Labute approximate surface area is 127 Å². The fraction of sp³-hybridized carbons (Fsp3) is 0.438. The smallest absolute Gasteiger partial charge is 0.144 e. The molecule has 4 nitrogen and oxygen atoms in total. The molecule has 0 saturated heterocycles. The third-order valence-electron chi connectivity index (χ3n) is 3.33. The third kappa shape index (κ3) is 4.80.